The Morgan fingerprint density at radius 3 is 2.36 bits per heavy atom. The standard InChI is InChI=1S/C24H22FNO2/c25-22-7-3-6-21(15-22)24(28)18-10-12-26(13-11-18)16-23(27)20-9-8-17-4-1-2-5-19(17)14-20/h1-9,14-15,18H,10-13,16H2. The molecular weight excluding hydrogens is 353 g/mol. The molecule has 3 nitrogen and oxygen atoms in total. The normalized spacial score (nSPS) is 15.6. The second-order valence-electron chi connectivity index (χ2n) is 7.41. The maximum atomic E-state index is 13.4. The molecule has 0 aromatic heterocycles. The van der Waals surface area contributed by atoms with Gasteiger partial charge in [0.1, 0.15) is 5.82 Å². The molecule has 3 aromatic carbocycles. The van der Waals surface area contributed by atoms with Gasteiger partial charge in [-0.2, -0.15) is 0 Å². The summed E-state index contributed by atoms with van der Waals surface area (Å²) >= 11 is 0. The van der Waals surface area contributed by atoms with Crippen LogP contribution in [0.2, 0.25) is 0 Å². The van der Waals surface area contributed by atoms with Gasteiger partial charge in [-0.05, 0) is 54.9 Å². The summed E-state index contributed by atoms with van der Waals surface area (Å²) in [4.78, 5) is 27.4. The summed E-state index contributed by atoms with van der Waals surface area (Å²) in [6, 6.07) is 19.7. The third-order valence-corrected chi connectivity index (χ3v) is 5.51. The van der Waals surface area contributed by atoms with E-state index in [1.165, 1.54) is 12.1 Å². The third kappa shape index (κ3) is 4.02. The van der Waals surface area contributed by atoms with E-state index in [2.05, 4.69) is 4.90 Å². The molecule has 3 aromatic rings. The molecule has 0 atom stereocenters. The molecule has 142 valence electrons. The van der Waals surface area contributed by atoms with Crippen molar-refractivity contribution >= 4 is 22.3 Å². The van der Waals surface area contributed by atoms with Gasteiger partial charge in [0.25, 0.3) is 0 Å². The zero-order chi connectivity index (χ0) is 19.5. The molecule has 1 heterocycles. The molecule has 1 aliphatic rings. The molecule has 0 amide bonds. The Hall–Kier alpha value is -2.85. The minimum absolute atomic E-state index is 0.00000530. The van der Waals surface area contributed by atoms with E-state index in [0.29, 0.717) is 38.0 Å². The Bertz CT molecular complexity index is 1020. The third-order valence-electron chi connectivity index (χ3n) is 5.51. The Labute approximate surface area is 163 Å². The highest BCUT2D eigenvalue weighted by Gasteiger charge is 2.27. The van der Waals surface area contributed by atoms with Crippen LogP contribution in [0.15, 0.2) is 66.7 Å². The number of likely N-dealkylation sites (tertiary alicyclic amines) is 1. The second kappa shape index (κ2) is 8.03. The predicted molar refractivity (Wildman–Crippen MR) is 108 cm³/mol. The van der Waals surface area contributed by atoms with Crippen molar-refractivity contribution in [3.63, 3.8) is 0 Å². The lowest BCUT2D eigenvalue weighted by molar-refractivity contribution is 0.0805. The van der Waals surface area contributed by atoms with Gasteiger partial charge in [-0.1, -0.05) is 48.5 Å². The first-order chi connectivity index (χ1) is 13.6. The monoisotopic (exact) mass is 375 g/mol. The highest BCUT2D eigenvalue weighted by molar-refractivity contribution is 6.01. The van der Waals surface area contributed by atoms with Crippen LogP contribution in [0, 0.1) is 11.7 Å². The van der Waals surface area contributed by atoms with Crippen molar-refractivity contribution in [3.05, 3.63) is 83.7 Å². The summed E-state index contributed by atoms with van der Waals surface area (Å²) in [5.74, 6) is -0.390. The molecule has 0 N–H and O–H groups in total. The number of ketones is 2. The van der Waals surface area contributed by atoms with Gasteiger partial charge in [0.15, 0.2) is 11.6 Å². The van der Waals surface area contributed by atoms with E-state index in [-0.39, 0.29) is 23.3 Å². The van der Waals surface area contributed by atoms with Crippen molar-refractivity contribution in [2.45, 2.75) is 12.8 Å². The van der Waals surface area contributed by atoms with Crippen LogP contribution in [0.4, 0.5) is 4.39 Å². The van der Waals surface area contributed by atoms with E-state index >= 15 is 0 Å². The Morgan fingerprint density at radius 1 is 0.857 bits per heavy atom. The number of Topliss-reactive ketones (excluding diaryl/α,β-unsaturated/α-hetero) is 2. The van der Waals surface area contributed by atoms with Gasteiger partial charge in [-0.15, -0.1) is 0 Å². The first-order valence-corrected chi connectivity index (χ1v) is 9.64. The Balaban J connectivity index is 1.36. The molecule has 4 rings (SSSR count). The van der Waals surface area contributed by atoms with Crippen LogP contribution in [-0.4, -0.2) is 36.1 Å². The Morgan fingerprint density at radius 2 is 1.61 bits per heavy atom. The molecule has 4 heteroatoms. The number of nitrogens with zero attached hydrogens (tertiary/aromatic N) is 1. The van der Waals surface area contributed by atoms with Gasteiger partial charge in [0.2, 0.25) is 0 Å². The molecular formula is C24H22FNO2. The van der Waals surface area contributed by atoms with Crippen LogP contribution in [0.5, 0.6) is 0 Å². The molecule has 1 saturated heterocycles. The number of fused-ring (bicyclic) bond motifs is 1. The Kier molecular flexibility index (Phi) is 5.31. The SMILES string of the molecule is O=C(CN1CCC(C(=O)c2cccc(F)c2)CC1)c1ccc2ccccc2c1. The zero-order valence-corrected chi connectivity index (χ0v) is 15.6. The van der Waals surface area contributed by atoms with E-state index in [9.17, 15) is 14.0 Å². The number of benzene rings is 3. The van der Waals surface area contributed by atoms with Crippen LogP contribution < -0.4 is 0 Å². The van der Waals surface area contributed by atoms with Crippen molar-refractivity contribution < 1.29 is 14.0 Å². The molecule has 0 saturated carbocycles. The lowest BCUT2D eigenvalue weighted by Crippen LogP contribution is -2.39. The molecule has 0 unspecified atom stereocenters. The largest absolute Gasteiger partial charge is 0.296 e. The number of halogens is 1. The number of hydrogen-bond donors (Lipinski definition) is 0. The minimum atomic E-state index is -0.385. The highest BCUT2D eigenvalue weighted by atomic mass is 19.1. The second-order valence-corrected chi connectivity index (χ2v) is 7.41. The van der Waals surface area contributed by atoms with Crippen molar-refractivity contribution in [1.82, 2.24) is 4.90 Å². The average Bonchev–Trinajstić information content (AvgIpc) is 2.73. The van der Waals surface area contributed by atoms with Gasteiger partial charge in [0.05, 0.1) is 6.54 Å². The fourth-order valence-electron chi connectivity index (χ4n) is 3.89. The number of carbonyl (C=O) groups excluding carboxylic acids is 2. The van der Waals surface area contributed by atoms with Crippen molar-refractivity contribution in [2.75, 3.05) is 19.6 Å². The fourth-order valence-corrected chi connectivity index (χ4v) is 3.89. The summed E-state index contributed by atoms with van der Waals surface area (Å²) in [5, 5.41) is 2.18. The summed E-state index contributed by atoms with van der Waals surface area (Å²) in [6.07, 6.45) is 1.39. The molecule has 0 spiro atoms. The van der Waals surface area contributed by atoms with Crippen LogP contribution in [-0.2, 0) is 0 Å². The zero-order valence-electron chi connectivity index (χ0n) is 15.6. The van der Waals surface area contributed by atoms with E-state index < -0.39 is 0 Å². The lowest BCUT2D eigenvalue weighted by atomic mass is 9.88. The summed E-state index contributed by atoms with van der Waals surface area (Å²) in [6.45, 7) is 1.76. The maximum Gasteiger partial charge on any atom is 0.176 e. The topological polar surface area (TPSA) is 37.4 Å². The van der Waals surface area contributed by atoms with E-state index in [1.54, 1.807) is 12.1 Å². The van der Waals surface area contributed by atoms with Gasteiger partial charge in [-0.25, -0.2) is 4.39 Å². The van der Waals surface area contributed by atoms with E-state index in [1.807, 2.05) is 42.5 Å². The molecule has 0 bridgehead atoms. The van der Waals surface area contributed by atoms with Crippen LogP contribution >= 0.6 is 0 Å². The predicted octanol–water partition coefficient (Wildman–Crippen LogP) is 4.76. The first kappa shape index (κ1) is 18.5. The molecule has 0 aliphatic carbocycles. The lowest BCUT2D eigenvalue weighted by Gasteiger charge is -2.30. The minimum Gasteiger partial charge on any atom is -0.296 e. The number of carbonyl (C=O) groups is 2. The van der Waals surface area contributed by atoms with Gasteiger partial charge < -0.3 is 0 Å². The fraction of sp³-hybridized carbons (Fsp3) is 0.250. The van der Waals surface area contributed by atoms with Crippen molar-refractivity contribution in [3.8, 4) is 0 Å². The summed E-state index contributed by atoms with van der Waals surface area (Å²) in [7, 11) is 0. The maximum absolute atomic E-state index is 13.4. The van der Waals surface area contributed by atoms with Crippen LogP contribution in [0.3, 0.4) is 0 Å². The number of hydrogen-bond acceptors (Lipinski definition) is 3. The van der Waals surface area contributed by atoms with Crippen molar-refractivity contribution in [2.24, 2.45) is 5.92 Å². The number of rotatable bonds is 5. The van der Waals surface area contributed by atoms with Gasteiger partial charge >= 0.3 is 0 Å². The molecule has 1 aliphatic heterocycles. The van der Waals surface area contributed by atoms with Gasteiger partial charge in [0, 0.05) is 17.0 Å². The first-order valence-electron chi connectivity index (χ1n) is 9.64. The summed E-state index contributed by atoms with van der Waals surface area (Å²) in [5.41, 5.74) is 1.15. The summed E-state index contributed by atoms with van der Waals surface area (Å²) < 4.78 is 13.4. The van der Waals surface area contributed by atoms with E-state index in [0.717, 1.165) is 16.3 Å². The van der Waals surface area contributed by atoms with Crippen LogP contribution in [0.1, 0.15) is 33.6 Å². The molecule has 0 radical (unpaired) electrons. The van der Waals surface area contributed by atoms with E-state index in [4.69, 9.17) is 0 Å². The smallest absolute Gasteiger partial charge is 0.176 e. The highest BCUT2D eigenvalue weighted by Crippen LogP contribution is 2.23. The number of piperidine rings is 1. The quantitative estimate of drug-likeness (QED) is 0.604. The molecule has 28 heavy (non-hydrogen) atoms. The van der Waals surface area contributed by atoms with Gasteiger partial charge in [-0.3, -0.25) is 14.5 Å². The van der Waals surface area contributed by atoms with Crippen molar-refractivity contribution in [1.29, 1.82) is 0 Å². The molecule has 1 fully saturated rings. The van der Waals surface area contributed by atoms with Crippen LogP contribution in [0.25, 0.3) is 10.8 Å². The average molecular weight is 375 g/mol.